The molecule has 20 heavy (non-hydrogen) atoms. The third-order valence-corrected chi connectivity index (χ3v) is 4.09. The van der Waals surface area contributed by atoms with E-state index in [0.717, 1.165) is 12.1 Å². The van der Waals surface area contributed by atoms with Gasteiger partial charge in [0, 0.05) is 5.54 Å². The van der Waals surface area contributed by atoms with Gasteiger partial charge in [-0.15, -0.1) is 13.2 Å². The SMILES string of the molecule is CC(C)(N)CS(=O)(=O)Cc1ccc(OC(F)(F)F)cc1. The molecule has 0 atom stereocenters. The molecule has 0 heterocycles. The van der Waals surface area contributed by atoms with Gasteiger partial charge in [-0.05, 0) is 31.5 Å². The van der Waals surface area contributed by atoms with E-state index in [2.05, 4.69) is 4.74 Å². The monoisotopic (exact) mass is 311 g/mol. The van der Waals surface area contributed by atoms with Gasteiger partial charge < -0.3 is 10.5 Å². The zero-order valence-electron chi connectivity index (χ0n) is 11.1. The minimum atomic E-state index is -4.77. The summed E-state index contributed by atoms with van der Waals surface area (Å²) >= 11 is 0. The molecule has 0 amide bonds. The van der Waals surface area contributed by atoms with Crippen LogP contribution in [-0.4, -0.2) is 26.1 Å². The van der Waals surface area contributed by atoms with Gasteiger partial charge in [-0.25, -0.2) is 8.42 Å². The summed E-state index contributed by atoms with van der Waals surface area (Å²) in [5, 5.41) is 0. The van der Waals surface area contributed by atoms with E-state index in [1.54, 1.807) is 13.8 Å². The Bertz CT molecular complexity index is 545. The standard InChI is InChI=1S/C12H16F3NO3S/c1-11(2,16)8-20(17,18)7-9-3-5-10(6-4-9)19-12(13,14)15/h3-6H,7-8,16H2,1-2H3. The number of rotatable bonds is 5. The molecule has 0 saturated carbocycles. The number of alkyl halides is 3. The Hall–Kier alpha value is -1.28. The summed E-state index contributed by atoms with van der Waals surface area (Å²) in [5.74, 6) is -0.876. The van der Waals surface area contributed by atoms with Gasteiger partial charge in [0.2, 0.25) is 0 Å². The number of benzene rings is 1. The fraction of sp³-hybridized carbons (Fsp3) is 0.500. The summed E-state index contributed by atoms with van der Waals surface area (Å²) in [6.07, 6.45) is -4.77. The maximum Gasteiger partial charge on any atom is 0.573 e. The summed E-state index contributed by atoms with van der Waals surface area (Å²) in [4.78, 5) is 0. The first kappa shape index (κ1) is 16.8. The highest BCUT2D eigenvalue weighted by molar-refractivity contribution is 7.90. The summed E-state index contributed by atoms with van der Waals surface area (Å²) < 4.78 is 63.3. The molecule has 1 rings (SSSR count). The van der Waals surface area contributed by atoms with Crippen molar-refractivity contribution < 1.29 is 26.3 Å². The Morgan fingerprint density at radius 1 is 1.15 bits per heavy atom. The van der Waals surface area contributed by atoms with Gasteiger partial charge in [0.05, 0.1) is 11.5 Å². The molecule has 4 nitrogen and oxygen atoms in total. The van der Waals surface area contributed by atoms with E-state index in [0.29, 0.717) is 5.56 Å². The van der Waals surface area contributed by atoms with Gasteiger partial charge in [0.1, 0.15) is 5.75 Å². The van der Waals surface area contributed by atoms with Crippen molar-refractivity contribution >= 4 is 9.84 Å². The highest BCUT2D eigenvalue weighted by Crippen LogP contribution is 2.23. The average molecular weight is 311 g/mol. The number of sulfone groups is 1. The van der Waals surface area contributed by atoms with Crippen molar-refractivity contribution in [1.82, 2.24) is 0 Å². The average Bonchev–Trinajstić information content (AvgIpc) is 2.14. The van der Waals surface area contributed by atoms with E-state index in [4.69, 9.17) is 5.73 Å². The molecule has 0 fully saturated rings. The largest absolute Gasteiger partial charge is 0.573 e. The van der Waals surface area contributed by atoms with Crippen LogP contribution in [-0.2, 0) is 15.6 Å². The number of hydrogen-bond acceptors (Lipinski definition) is 4. The molecule has 0 spiro atoms. The summed E-state index contributed by atoms with van der Waals surface area (Å²) in [6, 6.07) is 4.71. The Morgan fingerprint density at radius 3 is 2.05 bits per heavy atom. The van der Waals surface area contributed by atoms with E-state index in [-0.39, 0.29) is 11.5 Å². The molecule has 1 aromatic carbocycles. The molecule has 0 aliphatic heterocycles. The first-order valence-corrected chi connectivity index (χ1v) is 7.52. The lowest BCUT2D eigenvalue weighted by atomic mass is 10.1. The molecule has 2 N–H and O–H groups in total. The van der Waals surface area contributed by atoms with Crippen LogP contribution in [0.1, 0.15) is 19.4 Å². The molecular formula is C12H16F3NO3S. The second kappa shape index (κ2) is 5.61. The second-order valence-corrected chi connectivity index (χ2v) is 7.28. The molecule has 0 saturated heterocycles. The van der Waals surface area contributed by atoms with Crippen molar-refractivity contribution in [3.63, 3.8) is 0 Å². The predicted molar refractivity (Wildman–Crippen MR) is 68.9 cm³/mol. The van der Waals surface area contributed by atoms with Crippen molar-refractivity contribution in [2.24, 2.45) is 5.73 Å². The molecule has 0 aromatic heterocycles. The van der Waals surface area contributed by atoms with Crippen LogP contribution in [0.25, 0.3) is 0 Å². The van der Waals surface area contributed by atoms with E-state index in [1.807, 2.05) is 0 Å². The molecule has 0 aliphatic carbocycles. The Morgan fingerprint density at radius 2 is 1.65 bits per heavy atom. The third-order valence-electron chi connectivity index (χ3n) is 2.14. The Balaban J connectivity index is 2.75. The zero-order valence-corrected chi connectivity index (χ0v) is 11.9. The van der Waals surface area contributed by atoms with E-state index in [9.17, 15) is 21.6 Å². The highest BCUT2D eigenvalue weighted by atomic mass is 32.2. The van der Waals surface area contributed by atoms with Crippen LogP contribution < -0.4 is 10.5 Å². The smallest absolute Gasteiger partial charge is 0.406 e. The van der Waals surface area contributed by atoms with Gasteiger partial charge in [-0.3, -0.25) is 0 Å². The molecule has 1 aromatic rings. The molecule has 0 unspecified atom stereocenters. The van der Waals surface area contributed by atoms with Crippen LogP contribution in [0.15, 0.2) is 24.3 Å². The van der Waals surface area contributed by atoms with Gasteiger partial charge in [0.25, 0.3) is 0 Å². The quantitative estimate of drug-likeness (QED) is 0.905. The fourth-order valence-electron chi connectivity index (χ4n) is 1.66. The maximum absolute atomic E-state index is 12.0. The lowest BCUT2D eigenvalue weighted by Crippen LogP contribution is -2.40. The molecule has 0 aliphatic rings. The molecule has 8 heteroatoms. The van der Waals surface area contributed by atoms with Crippen LogP contribution in [0.3, 0.4) is 0 Å². The molecule has 0 bridgehead atoms. The lowest BCUT2D eigenvalue weighted by Gasteiger charge is -2.18. The normalized spacial score (nSPS) is 13.3. The fourth-order valence-corrected chi connectivity index (χ4v) is 3.60. The van der Waals surface area contributed by atoms with Crippen LogP contribution >= 0.6 is 0 Å². The zero-order chi connectivity index (χ0) is 15.6. The molecule has 114 valence electrons. The van der Waals surface area contributed by atoms with Crippen LogP contribution in [0.5, 0.6) is 5.75 Å². The van der Waals surface area contributed by atoms with Crippen LogP contribution in [0.4, 0.5) is 13.2 Å². The van der Waals surface area contributed by atoms with Crippen LogP contribution in [0, 0.1) is 0 Å². The van der Waals surface area contributed by atoms with Gasteiger partial charge in [-0.2, -0.15) is 0 Å². The van der Waals surface area contributed by atoms with E-state index >= 15 is 0 Å². The first-order valence-electron chi connectivity index (χ1n) is 5.70. The highest BCUT2D eigenvalue weighted by Gasteiger charge is 2.31. The topological polar surface area (TPSA) is 69.4 Å². The van der Waals surface area contributed by atoms with Crippen molar-refractivity contribution in [2.75, 3.05) is 5.75 Å². The van der Waals surface area contributed by atoms with Crippen molar-refractivity contribution in [2.45, 2.75) is 31.5 Å². The van der Waals surface area contributed by atoms with E-state index in [1.165, 1.54) is 12.1 Å². The molecular weight excluding hydrogens is 295 g/mol. The van der Waals surface area contributed by atoms with Crippen molar-refractivity contribution in [3.05, 3.63) is 29.8 Å². The van der Waals surface area contributed by atoms with Crippen molar-refractivity contribution in [1.29, 1.82) is 0 Å². The first-order chi connectivity index (χ1) is 8.86. The summed E-state index contributed by atoms with van der Waals surface area (Å²) in [6.45, 7) is 3.18. The van der Waals surface area contributed by atoms with Crippen molar-refractivity contribution in [3.8, 4) is 5.75 Å². The van der Waals surface area contributed by atoms with Crippen LogP contribution in [0.2, 0.25) is 0 Å². The lowest BCUT2D eigenvalue weighted by molar-refractivity contribution is -0.274. The number of hydrogen-bond donors (Lipinski definition) is 1. The minimum absolute atomic E-state index is 0.208. The summed E-state index contributed by atoms with van der Waals surface area (Å²) in [7, 11) is -3.43. The molecule has 0 radical (unpaired) electrons. The number of nitrogens with two attached hydrogens (primary N) is 1. The van der Waals surface area contributed by atoms with Gasteiger partial charge >= 0.3 is 6.36 Å². The van der Waals surface area contributed by atoms with E-state index < -0.39 is 27.5 Å². The second-order valence-electron chi connectivity index (χ2n) is 5.21. The van der Waals surface area contributed by atoms with Gasteiger partial charge in [0.15, 0.2) is 9.84 Å². The maximum atomic E-state index is 12.0. The Labute approximate surface area is 115 Å². The summed E-state index contributed by atoms with van der Waals surface area (Å²) in [5.41, 5.74) is 5.16. The van der Waals surface area contributed by atoms with Gasteiger partial charge in [-0.1, -0.05) is 12.1 Å². The third kappa shape index (κ3) is 6.76. The predicted octanol–water partition coefficient (Wildman–Crippen LogP) is 2.24. The number of ether oxygens (including phenoxy) is 1. The Kier molecular flexibility index (Phi) is 4.70. The number of halogens is 3. The minimum Gasteiger partial charge on any atom is -0.406 e.